The van der Waals surface area contributed by atoms with Crippen LogP contribution in [0.25, 0.3) is 0 Å². The van der Waals surface area contributed by atoms with Crippen LogP contribution in [0.2, 0.25) is 6.82 Å². The van der Waals surface area contributed by atoms with Crippen LogP contribution >= 0.6 is 0 Å². The summed E-state index contributed by atoms with van der Waals surface area (Å²) in [6, 6.07) is 0. The van der Waals surface area contributed by atoms with Gasteiger partial charge >= 0.3 is 0 Å². The molecule has 0 saturated carbocycles. The lowest BCUT2D eigenvalue weighted by Gasteiger charge is -1.91. The van der Waals surface area contributed by atoms with E-state index in [-0.39, 0.29) is 5.68 Å². The number of oxime groups is 1. The molecule has 3 nitrogen and oxygen atoms in total. The summed E-state index contributed by atoms with van der Waals surface area (Å²) in [4.78, 5) is 15.0. The Hall–Kier alpha value is -0.795. The van der Waals surface area contributed by atoms with Gasteiger partial charge in [0.1, 0.15) is 18.5 Å². The summed E-state index contributed by atoms with van der Waals surface area (Å²) in [6.45, 7) is 3.27. The molecule has 9 heavy (non-hydrogen) atoms. The average molecular weight is 126 g/mol. The number of hydrogen-bond donors (Lipinski definition) is 0. The van der Waals surface area contributed by atoms with Gasteiger partial charge < -0.3 is 9.63 Å². The molecule has 0 aromatic carbocycles. The highest BCUT2D eigenvalue weighted by Gasteiger charge is 2.02. The normalized spacial score (nSPS) is 10.8. The summed E-state index contributed by atoms with van der Waals surface area (Å²) >= 11 is 0. The van der Waals surface area contributed by atoms with Crippen LogP contribution in [-0.4, -0.2) is 25.8 Å². The lowest BCUT2D eigenvalue weighted by molar-refractivity contribution is -0.106. The molecule has 0 fully saturated rings. The Morgan fingerprint density at radius 1 is 1.67 bits per heavy atom. The van der Waals surface area contributed by atoms with Crippen LogP contribution in [0.1, 0.15) is 6.92 Å². The van der Waals surface area contributed by atoms with E-state index in [1.807, 2.05) is 0 Å². The summed E-state index contributed by atoms with van der Waals surface area (Å²) in [7, 11) is 2.85. The number of hydrogen-bond acceptors (Lipinski definition) is 3. The molecule has 0 aromatic heterocycles. The molecule has 0 atom stereocenters. The number of nitrogens with zero attached hydrogens (tertiary/aromatic N) is 1. The zero-order chi connectivity index (χ0) is 7.28. The van der Waals surface area contributed by atoms with Crippen molar-refractivity contribution in [3.05, 3.63) is 0 Å². The van der Waals surface area contributed by atoms with Gasteiger partial charge in [0.15, 0.2) is 0 Å². The van der Waals surface area contributed by atoms with E-state index in [1.165, 1.54) is 14.4 Å². The molecule has 0 aliphatic heterocycles. The van der Waals surface area contributed by atoms with E-state index < -0.39 is 0 Å². The fraction of sp³-hybridized carbons (Fsp3) is 0.600. The smallest absolute Gasteiger partial charge is 0.207 e. The van der Waals surface area contributed by atoms with Crippen molar-refractivity contribution in [2.45, 2.75) is 13.7 Å². The third-order valence-corrected chi connectivity index (χ3v) is 0.847. The van der Waals surface area contributed by atoms with Crippen LogP contribution in [0.4, 0.5) is 0 Å². The monoisotopic (exact) mass is 126 g/mol. The molecule has 0 amide bonds. The first-order valence-electron chi connectivity index (χ1n) is 2.63. The summed E-state index contributed by atoms with van der Waals surface area (Å²) in [5.41, 5.74) is 0.275. The largest absolute Gasteiger partial charge is 0.399 e. The summed E-state index contributed by atoms with van der Waals surface area (Å²) in [6.07, 6.45) is 0. The Labute approximate surface area is 55.3 Å². The van der Waals surface area contributed by atoms with Crippen LogP contribution in [-0.2, 0) is 9.63 Å². The molecule has 0 aliphatic rings. The van der Waals surface area contributed by atoms with Crippen LogP contribution < -0.4 is 0 Å². The second-order valence-electron chi connectivity index (χ2n) is 1.51. The molecule has 0 rings (SSSR count). The highest BCUT2D eigenvalue weighted by molar-refractivity contribution is 6.87. The highest BCUT2D eigenvalue weighted by atomic mass is 16.6. The van der Waals surface area contributed by atoms with E-state index in [4.69, 9.17) is 0 Å². The van der Waals surface area contributed by atoms with E-state index in [2.05, 4.69) is 9.99 Å². The summed E-state index contributed by atoms with van der Waals surface area (Å²) in [5, 5.41) is 3.43. The van der Waals surface area contributed by atoms with Crippen molar-refractivity contribution in [2.75, 3.05) is 7.11 Å². The van der Waals surface area contributed by atoms with Gasteiger partial charge in [0.05, 0.1) is 0 Å². The third kappa shape index (κ3) is 2.90. The quantitative estimate of drug-likeness (QED) is 0.309. The fourth-order valence-corrected chi connectivity index (χ4v) is 0.391. The number of carbonyl (C=O) groups is 1. The van der Waals surface area contributed by atoms with Crippen molar-refractivity contribution >= 4 is 18.7 Å². The van der Waals surface area contributed by atoms with Crippen molar-refractivity contribution in [1.29, 1.82) is 0 Å². The molecule has 0 N–H and O–H groups in total. The molecular weight excluding hydrogens is 117 g/mol. The Morgan fingerprint density at radius 3 is 2.56 bits per heavy atom. The van der Waals surface area contributed by atoms with Crippen LogP contribution in [0.15, 0.2) is 5.16 Å². The molecule has 0 spiro atoms. The van der Waals surface area contributed by atoms with Gasteiger partial charge in [0.25, 0.3) is 0 Å². The predicted octanol–water partition coefficient (Wildman–Crippen LogP) is 0.288. The van der Waals surface area contributed by atoms with Crippen molar-refractivity contribution < 1.29 is 9.63 Å². The first-order valence-corrected chi connectivity index (χ1v) is 2.63. The van der Waals surface area contributed by atoms with Crippen LogP contribution in [0, 0.1) is 0 Å². The van der Waals surface area contributed by atoms with Gasteiger partial charge in [-0.15, -0.1) is 0 Å². The maximum absolute atomic E-state index is 10.6. The first-order chi connectivity index (χ1) is 4.22. The SMILES string of the molecule is C[B]C(=O)/C(C)=N/OC. The fourth-order valence-electron chi connectivity index (χ4n) is 0.391. The zero-order valence-corrected chi connectivity index (χ0v) is 5.84. The molecule has 0 bridgehead atoms. The minimum Gasteiger partial charge on any atom is -0.399 e. The second-order valence-corrected chi connectivity index (χ2v) is 1.51. The summed E-state index contributed by atoms with van der Waals surface area (Å²) < 4.78 is 0. The minimum atomic E-state index is -0.100. The third-order valence-electron chi connectivity index (χ3n) is 0.847. The van der Waals surface area contributed by atoms with Crippen molar-refractivity contribution in [3.8, 4) is 0 Å². The Balaban J connectivity index is 3.86. The molecule has 49 valence electrons. The van der Waals surface area contributed by atoms with Gasteiger partial charge in [-0.25, -0.2) is 0 Å². The van der Waals surface area contributed by atoms with Gasteiger partial charge in [-0.2, -0.15) is 0 Å². The maximum Gasteiger partial charge on any atom is 0.207 e. The Kier molecular flexibility index (Phi) is 3.76. The van der Waals surface area contributed by atoms with E-state index in [9.17, 15) is 4.79 Å². The molecular formula is C5H9BNO2. The molecule has 4 heteroatoms. The van der Waals surface area contributed by atoms with Crippen LogP contribution in [0.3, 0.4) is 0 Å². The molecule has 0 unspecified atom stereocenters. The molecule has 0 aromatic rings. The van der Waals surface area contributed by atoms with Crippen molar-refractivity contribution in [2.24, 2.45) is 5.16 Å². The van der Waals surface area contributed by atoms with Gasteiger partial charge in [0, 0.05) is 0 Å². The first kappa shape index (κ1) is 8.20. The van der Waals surface area contributed by atoms with Crippen LogP contribution in [0.5, 0.6) is 0 Å². The van der Waals surface area contributed by atoms with Gasteiger partial charge in [-0.3, -0.25) is 0 Å². The van der Waals surface area contributed by atoms with Crippen molar-refractivity contribution in [1.82, 2.24) is 0 Å². The molecule has 0 saturated heterocycles. The molecule has 0 aliphatic carbocycles. The molecule has 0 heterocycles. The lowest BCUT2D eigenvalue weighted by Crippen LogP contribution is -2.15. The maximum atomic E-state index is 10.6. The number of rotatable bonds is 3. The highest BCUT2D eigenvalue weighted by Crippen LogP contribution is 1.79. The van der Waals surface area contributed by atoms with Crippen molar-refractivity contribution in [3.63, 3.8) is 0 Å². The van der Waals surface area contributed by atoms with E-state index in [0.29, 0.717) is 5.71 Å². The van der Waals surface area contributed by atoms with E-state index in [1.54, 1.807) is 13.7 Å². The average Bonchev–Trinajstić information content (AvgIpc) is 1.87. The molecule has 1 radical (unpaired) electrons. The predicted molar refractivity (Wildman–Crippen MR) is 36.7 cm³/mol. The second kappa shape index (κ2) is 4.12. The topological polar surface area (TPSA) is 38.7 Å². The standard InChI is InChI=1S/C5H9BNO2/c1-4(7-9-3)5(8)6-2/h1-3H3/b7-4+. The van der Waals surface area contributed by atoms with Gasteiger partial charge in [-0.05, 0) is 6.92 Å². The Bertz CT molecular complexity index is 133. The minimum absolute atomic E-state index is 0.100. The number of carbonyl (C=O) groups excluding carboxylic acids is 1. The van der Waals surface area contributed by atoms with Gasteiger partial charge in [-0.1, -0.05) is 12.0 Å². The zero-order valence-electron chi connectivity index (χ0n) is 5.84. The van der Waals surface area contributed by atoms with E-state index in [0.717, 1.165) is 0 Å². The van der Waals surface area contributed by atoms with E-state index >= 15 is 0 Å². The summed E-state index contributed by atoms with van der Waals surface area (Å²) in [5.74, 6) is 0. The van der Waals surface area contributed by atoms with Gasteiger partial charge in [0.2, 0.25) is 7.28 Å². The Morgan fingerprint density at radius 2 is 2.22 bits per heavy atom. The lowest BCUT2D eigenvalue weighted by atomic mass is 9.75.